The van der Waals surface area contributed by atoms with Crippen LogP contribution in [0.2, 0.25) is 0 Å². The smallest absolute Gasteiger partial charge is 0.284 e. The molecule has 7 rings (SSSR count). The summed E-state index contributed by atoms with van der Waals surface area (Å²) in [5, 5.41) is 18.4. The molecule has 4 heterocycles. The van der Waals surface area contributed by atoms with Crippen LogP contribution in [0.1, 0.15) is 160 Å². The van der Waals surface area contributed by atoms with Gasteiger partial charge in [-0.2, -0.15) is 22.8 Å². The number of allylic oxidation sites excluding steroid dienone is 3. The monoisotopic (exact) mass is 981 g/mol. The number of thiol groups is 1. The van der Waals surface area contributed by atoms with Crippen molar-refractivity contribution in [1.29, 1.82) is 0 Å². The SMILES string of the molecule is C=C(C)N(C)c1c(C)cccc1C#CCCC1CCN(C)CC1.C=C(Nc1cn(C2CC(C)(C)CC(C)(S)C2)nc1C(F)F)c1cnn2c1NC(=NC1CCC(C)C1)CC2.C=CC(C)CCC(=C)NC. The van der Waals surface area contributed by atoms with Crippen LogP contribution in [0.5, 0.6) is 0 Å². The standard InChI is InChI=1S/C27H39F2N7S.C21H30N2.C9H17N/c1-16-6-7-18(10-16)32-22-8-9-35-25(33-22)20(13-30-35)17(2)31-21-14-36(34-23(21)24(28)29)19-11-26(3,4)15-27(5,37)12-19;1-17(2)23(5)21-18(3)9-8-12-20(21)11-7-6-10-19-13-15-22(4)16-14-19;1-5-8(2)6-7-9(3)10-4/h13-14,16,18-19,24,31,37H,2,6-12,15H2,1,3-5H3,(H,32,33);8-9,12,19H,1,6,10,13-16H2,2-5H3;5,8,10H,1,3,6-7H2,2,4H3. The second-order valence-corrected chi connectivity index (χ2v) is 22.9. The molecule has 1 saturated heterocycles. The molecule has 5 unspecified atom stereocenters. The Kier molecular flexibility index (Phi) is 20.5. The van der Waals surface area contributed by atoms with Gasteiger partial charge in [0.15, 0.2) is 5.69 Å². The molecule has 2 aliphatic heterocycles. The van der Waals surface area contributed by atoms with Crippen molar-refractivity contribution in [3.63, 3.8) is 0 Å². The quantitative estimate of drug-likeness (QED) is 0.0685. The van der Waals surface area contributed by atoms with Gasteiger partial charge in [-0.15, -0.1) is 6.58 Å². The number of rotatable bonds is 15. The minimum Gasteiger partial charge on any atom is -0.392 e. The Balaban J connectivity index is 0.000000235. The Morgan fingerprint density at radius 1 is 1.11 bits per heavy atom. The third-order valence-electron chi connectivity index (χ3n) is 14.5. The number of halogens is 2. The number of fused-ring (bicyclic) bond motifs is 1. The van der Waals surface area contributed by atoms with E-state index in [0.717, 1.165) is 104 Å². The number of para-hydroxylation sites is 1. The molecule has 1 aromatic carbocycles. The van der Waals surface area contributed by atoms with E-state index in [-0.39, 0.29) is 27.6 Å². The average molecular weight is 981 g/mol. The molecule has 3 aromatic rings. The van der Waals surface area contributed by atoms with Crippen molar-refractivity contribution in [2.75, 3.05) is 49.8 Å². The summed E-state index contributed by atoms with van der Waals surface area (Å²) in [4.78, 5) is 9.52. The number of aliphatic imine (C=N–C) groups is 1. The molecule has 0 radical (unpaired) electrons. The summed E-state index contributed by atoms with van der Waals surface area (Å²) >= 11 is 4.86. The fraction of sp³-hybridized carbons (Fsp3) is 0.596. The third-order valence-corrected chi connectivity index (χ3v) is 14.8. The molecule has 0 bridgehead atoms. The molecule has 3 N–H and O–H groups in total. The molecule has 2 aliphatic carbocycles. The Bertz CT molecular complexity index is 2320. The summed E-state index contributed by atoms with van der Waals surface area (Å²) in [5.74, 6) is 10.7. The summed E-state index contributed by atoms with van der Waals surface area (Å²) in [7, 11) is 6.18. The Hall–Kier alpha value is -4.80. The van der Waals surface area contributed by atoms with Gasteiger partial charge in [-0.3, -0.25) is 9.67 Å². The number of hydrogen-bond acceptors (Lipinski definition) is 8. The lowest BCUT2D eigenvalue weighted by atomic mass is 9.70. The number of aryl methyl sites for hydroxylation is 2. The summed E-state index contributed by atoms with van der Waals surface area (Å²) in [6.07, 6.45) is 16.6. The van der Waals surface area contributed by atoms with Gasteiger partial charge in [0.25, 0.3) is 6.43 Å². The van der Waals surface area contributed by atoms with Crippen molar-refractivity contribution in [3.8, 4) is 11.8 Å². The molecule has 2 aromatic heterocycles. The molecule has 4 aliphatic rings. The lowest BCUT2D eigenvalue weighted by Crippen LogP contribution is -2.38. The first-order valence-electron chi connectivity index (χ1n) is 25.7. The zero-order valence-corrected chi connectivity index (χ0v) is 45.3. The predicted molar refractivity (Wildman–Crippen MR) is 296 cm³/mol. The molecule has 0 amide bonds. The van der Waals surface area contributed by atoms with E-state index in [9.17, 15) is 8.78 Å². The van der Waals surface area contributed by atoms with Crippen LogP contribution < -0.4 is 20.9 Å². The minimum absolute atomic E-state index is 0.00443. The van der Waals surface area contributed by atoms with Gasteiger partial charge in [0.05, 0.1) is 41.8 Å². The third kappa shape index (κ3) is 16.4. The van der Waals surface area contributed by atoms with E-state index < -0.39 is 6.43 Å². The van der Waals surface area contributed by atoms with Crippen molar-refractivity contribution in [2.24, 2.45) is 28.2 Å². The Morgan fingerprint density at radius 2 is 1.84 bits per heavy atom. The Labute approximate surface area is 426 Å². The number of nitrogens with zero attached hydrogens (tertiary/aromatic N) is 7. The first-order valence-corrected chi connectivity index (χ1v) is 26.1. The molecular weight excluding hydrogens is 895 g/mol. The Morgan fingerprint density at radius 3 is 2.47 bits per heavy atom. The maximum atomic E-state index is 14.0. The molecule has 0 spiro atoms. The number of piperidine rings is 1. The second-order valence-electron chi connectivity index (χ2n) is 21.8. The highest BCUT2D eigenvalue weighted by molar-refractivity contribution is 7.81. The van der Waals surface area contributed by atoms with Gasteiger partial charge in [0.1, 0.15) is 11.7 Å². The van der Waals surface area contributed by atoms with E-state index in [4.69, 9.17) is 17.6 Å². The van der Waals surface area contributed by atoms with Crippen LogP contribution >= 0.6 is 12.6 Å². The molecule has 5 atom stereocenters. The fourth-order valence-electron chi connectivity index (χ4n) is 10.4. The number of aromatic nitrogens is 4. The van der Waals surface area contributed by atoms with Crippen LogP contribution in [0.25, 0.3) is 5.70 Å². The van der Waals surface area contributed by atoms with Gasteiger partial charge in [0, 0.05) is 60.5 Å². The van der Waals surface area contributed by atoms with Crippen LogP contribution in [-0.4, -0.2) is 75.3 Å². The van der Waals surface area contributed by atoms with Crippen LogP contribution in [0, 0.1) is 41.9 Å². The highest BCUT2D eigenvalue weighted by Gasteiger charge is 2.41. The van der Waals surface area contributed by atoms with Crippen LogP contribution in [0.3, 0.4) is 0 Å². The minimum atomic E-state index is -2.71. The lowest BCUT2D eigenvalue weighted by Gasteiger charge is -2.44. The van der Waals surface area contributed by atoms with Crippen molar-refractivity contribution < 1.29 is 8.78 Å². The first-order chi connectivity index (χ1) is 33.1. The molecule has 70 heavy (non-hydrogen) atoms. The summed E-state index contributed by atoms with van der Waals surface area (Å²) in [6, 6.07) is 6.70. The van der Waals surface area contributed by atoms with Gasteiger partial charge in [-0.05, 0) is 139 Å². The molecule has 13 heteroatoms. The van der Waals surface area contributed by atoms with Crippen LogP contribution in [0.15, 0.2) is 79.4 Å². The number of hydrogen-bond donors (Lipinski definition) is 4. The van der Waals surface area contributed by atoms with Crippen LogP contribution in [0.4, 0.5) is 26.0 Å². The van der Waals surface area contributed by atoms with Gasteiger partial charge >= 0.3 is 0 Å². The van der Waals surface area contributed by atoms with Crippen molar-refractivity contribution >= 4 is 41.4 Å². The summed E-state index contributed by atoms with van der Waals surface area (Å²) in [6.45, 7) is 34.1. The van der Waals surface area contributed by atoms with E-state index in [1.807, 2.05) is 24.7 Å². The maximum Gasteiger partial charge on any atom is 0.284 e. The second kappa shape index (κ2) is 25.5. The maximum absolute atomic E-state index is 14.0. The number of amidine groups is 1. The van der Waals surface area contributed by atoms with E-state index in [1.165, 1.54) is 50.0 Å². The van der Waals surface area contributed by atoms with Crippen molar-refractivity contribution in [3.05, 3.63) is 96.8 Å². The van der Waals surface area contributed by atoms with Gasteiger partial charge in [0.2, 0.25) is 0 Å². The molecule has 384 valence electrons. The normalized spacial score (nSPS) is 23.0. The molecular formula is C57H86F2N10S. The fourth-order valence-corrected chi connectivity index (χ4v) is 11.1. The molecule has 2 saturated carbocycles. The topological polar surface area (TPSA) is 90.6 Å². The summed E-state index contributed by atoms with van der Waals surface area (Å²) < 4.78 is 31.5. The molecule has 3 fully saturated rings. The number of nitrogens with one attached hydrogen (secondary N) is 3. The highest BCUT2D eigenvalue weighted by atomic mass is 32.1. The number of likely N-dealkylation sites (tertiary alicyclic amines) is 1. The number of alkyl halides is 2. The van der Waals surface area contributed by atoms with Crippen molar-refractivity contribution in [1.82, 2.24) is 29.8 Å². The predicted octanol–water partition coefficient (Wildman–Crippen LogP) is 13.7. The van der Waals surface area contributed by atoms with Gasteiger partial charge in [-0.1, -0.05) is 84.4 Å². The molecule has 10 nitrogen and oxygen atoms in total. The summed E-state index contributed by atoms with van der Waals surface area (Å²) in [5.41, 5.74) is 6.97. The van der Waals surface area contributed by atoms with E-state index >= 15 is 0 Å². The van der Waals surface area contributed by atoms with Gasteiger partial charge in [-0.25, -0.2) is 13.5 Å². The van der Waals surface area contributed by atoms with E-state index in [2.05, 4.69) is 148 Å². The van der Waals surface area contributed by atoms with Gasteiger partial charge < -0.3 is 25.8 Å². The highest BCUT2D eigenvalue weighted by Crippen LogP contribution is 2.49. The van der Waals surface area contributed by atoms with Crippen LogP contribution in [-0.2, 0) is 6.54 Å². The largest absolute Gasteiger partial charge is 0.392 e. The van der Waals surface area contributed by atoms with E-state index in [1.54, 1.807) is 17.1 Å². The van der Waals surface area contributed by atoms with Crippen molar-refractivity contribution in [2.45, 2.75) is 162 Å². The zero-order chi connectivity index (χ0) is 51.3. The lowest BCUT2D eigenvalue weighted by molar-refractivity contribution is 0.134. The van der Waals surface area contributed by atoms with E-state index in [0.29, 0.717) is 23.6 Å². The number of benzene rings is 1. The zero-order valence-electron chi connectivity index (χ0n) is 44.4. The number of anilines is 3. The first kappa shape index (κ1) is 56.1. The average Bonchev–Trinajstić information content (AvgIpc) is 4.05.